The molecule has 29 heavy (non-hydrogen) atoms. The Balaban J connectivity index is 1.43. The average molecular weight is 457 g/mol. The Kier molecular flexibility index (Phi) is 4.16. The lowest BCUT2D eigenvalue weighted by Gasteiger charge is -2.09. The predicted octanol–water partition coefficient (Wildman–Crippen LogP) is 3.93. The molecule has 0 bridgehead atoms. The van der Waals surface area contributed by atoms with Crippen molar-refractivity contribution >= 4 is 33.2 Å². The normalized spacial score (nSPS) is 18.2. The maximum absolute atomic E-state index is 13.2. The highest BCUT2D eigenvalue weighted by molar-refractivity contribution is 9.10. The van der Waals surface area contributed by atoms with Gasteiger partial charge in [0.25, 0.3) is 5.91 Å². The van der Waals surface area contributed by atoms with Gasteiger partial charge in [0, 0.05) is 17.4 Å². The number of carbonyl (C=O) groups is 1. The average Bonchev–Trinajstić information content (AvgIpc) is 3.10. The molecular formula is C19H14BrFN6O2. The van der Waals surface area contributed by atoms with Gasteiger partial charge >= 0.3 is 0 Å². The lowest BCUT2D eigenvalue weighted by molar-refractivity contribution is 0.102. The van der Waals surface area contributed by atoms with Gasteiger partial charge in [-0.1, -0.05) is 17.3 Å². The number of aromatic nitrogens is 5. The van der Waals surface area contributed by atoms with E-state index in [4.69, 9.17) is 4.52 Å². The highest BCUT2D eigenvalue weighted by Crippen LogP contribution is 2.43. The molecule has 1 aliphatic rings. The molecule has 0 saturated heterocycles. The number of hydrogen-bond donors (Lipinski definition) is 1. The van der Waals surface area contributed by atoms with Crippen molar-refractivity contribution in [1.29, 1.82) is 0 Å². The van der Waals surface area contributed by atoms with Gasteiger partial charge in [-0.25, -0.2) is 14.4 Å². The molecule has 146 valence electrons. The second-order valence-electron chi connectivity index (χ2n) is 6.88. The Labute approximate surface area is 172 Å². The first-order valence-electron chi connectivity index (χ1n) is 8.88. The zero-order valence-corrected chi connectivity index (χ0v) is 16.7. The molecule has 1 aliphatic carbocycles. The van der Waals surface area contributed by atoms with Crippen LogP contribution < -0.4 is 5.32 Å². The number of alkyl halides is 1. The molecule has 3 aromatic heterocycles. The molecule has 10 heteroatoms. The quantitative estimate of drug-likeness (QED) is 0.499. The molecule has 3 heterocycles. The van der Waals surface area contributed by atoms with Crippen LogP contribution in [0.3, 0.4) is 0 Å². The highest BCUT2D eigenvalue weighted by Gasteiger charge is 2.43. The number of benzene rings is 1. The number of nitrogens with one attached hydrogen (secondary N) is 1. The maximum atomic E-state index is 13.2. The van der Waals surface area contributed by atoms with Crippen LogP contribution in [-0.2, 0) is 0 Å². The third-order valence-electron chi connectivity index (χ3n) is 4.81. The van der Waals surface area contributed by atoms with E-state index >= 15 is 0 Å². The number of hydrogen-bond acceptors (Lipinski definition) is 6. The van der Waals surface area contributed by atoms with Crippen molar-refractivity contribution in [2.75, 3.05) is 5.32 Å². The zero-order chi connectivity index (χ0) is 20.1. The van der Waals surface area contributed by atoms with Gasteiger partial charge < -0.3 is 9.84 Å². The Morgan fingerprint density at radius 1 is 1.34 bits per heavy atom. The summed E-state index contributed by atoms with van der Waals surface area (Å²) in [5, 5.41) is 6.84. The van der Waals surface area contributed by atoms with Crippen LogP contribution in [0.25, 0.3) is 17.0 Å². The molecular weight excluding hydrogens is 443 g/mol. The second-order valence-corrected chi connectivity index (χ2v) is 7.69. The number of carbonyl (C=O) groups excluding carboxylic acids is 1. The molecule has 1 amide bonds. The van der Waals surface area contributed by atoms with Crippen molar-refractivity contribution in [3.8, 4) is 11.4 Å². The van der Waals surface area contributed by atoms with E-state index in [9.17, 15) is 9.18 Å². The minimum absolute atomic E-state index is 0.301. The fourth-order valence-electron chi connectivity index (χ4n) is 3.04. The van der Waals surface area contributed by atoms with Gasteiger partial charge in [0.2, 0.25) is 11.7 Å². The van der Waals surface area contributed by atoms with Gasteiger partial charge in [0.05, 0.1) is 18.3 Å². The first-order chi connectivity index (χ1) is 14.0. The van der Waals surface area contributed by atoms with E-state index in [1.165, 1.54) is 6.20 Å². The number of rotatable bonds is 4. The van der Waals surface area contributed by atoms with E-state index in [2.05, 4.69) is 41.4 Å². The summed E-state index contributed by atoms with van der Waals surface area (Å²) in [5.74, 6) is 0.0516. The predicted molar refractivity (Wildman–Crippen MR) is 105 cm³/mol. The summed E-state index contributed by atoms with van der Waals surface area (Å²) in [6.45, 7) is 1.88. The fraction of sp³-hybridized carbons (Fsp3) is 0.211. The molecule has 4 aromatic rings. The van der Waals surface area contributed by atoms with Crippen LogP contribution in [0.2, 0.25) is 0 Å². The smallest absolute Gasteiger partial charge is 0.274 e. The number of aryl methyl sites for hydroxylation is 1. The van der Waals surface area contributed by atoms with Crippen LogP contribution in [0.15, 0.2) is 45.9 Å². The minimum Gasteiger partial charge on any atom is -0.339 e. The van der Waals surface area contributed by atoms with Crippen LogP contribution in [0, 0.1) is 6.92 Å². The zero-order valence-electron chi connectivity index (χ0n) is 15.1. The number of amides is 1. The van der Waals surface area contributed by atoms with Crippen LogP contribution in [0.4, 0.5) is 10.1 Å². The Morgan fingerprint density at radius 3 is 2.97 bits per heavy atom. The number of nitrogens with zero attached hydrogens (tertiary/aromatic N) is 5. The molecule has 1 aromatic carbocycles. The van der Waals surface area contributed by atoms with Crippen molar-refractivity contribution < 1.29 is 13.7 Å². The third kappa shape index (κ3) is 3.29. The SMILES string of the molecule is Cc1ccc(-c2noc([C@H]3C[C@@H]3F)n2)cc1NC(=O)c1cnc2cnc(Br)cn12. The molecule has 0 spiro atoms. The lowest BCUT2D eigenvalue weighted by atomic mass is 10.1. The van der Waals surface area contributed by atoms with Crippen LogP contribution >= 0.6 is 15.9 Å². The summed E-state index contributed by atoms with van der Waals surface area (Å²) in [7, 11) is 0. The van der Waals surface area contributed by atoms with Crippen molar-refractivity contribution in [2.24, 2.45) is 0 Å². The van der Waals surface area contributed by atoms with Crippen molar-refractivity contribution in [3.05, 3.63) is 58.5 Å². The first kappa shape index (κ1) is 17.9. The van der Waals surface area contributed by atoms with Gasteiger partial charge in [-0.15, -0.1) is 0 Å². The van der Waals surface area contributed by atoms with Gasteiger partial charge in [-0.05, 0) is 40.9 Å². The molecule has 2 atom stereocenters. The Morgan fingerprint density at radius 2 is 2.17 bits per heavy atom. The molecule has 1 fully saturated rings. The minimum atomic E-state index is -0.906. The highest BCUT2D eigenvalue weighted by atomic mass is 79.9. The fourth-order valence-corrected chi connectivity index (χ4v) is 3.35. The lowest BCUT2D eigenvalue weighted by Crippen LogP contribution is -2.15. The maximum Gasteiger partial charge on any atom is 0.274 e. The van der Waals surface area contributed by atoms with Gasteiger partial charge in [0.1, 0.15) is 16.5 Å². The number of fused-ring (bicyclic) bond motifs is 1. The van der Waals surface area contributed by atoms with Gasteiger partial charge in [-0.3, -0.25) is 9.20 Å². The second kappa shape index (κ2) is 6.73. The molecule has 5 rings (SSSR count). The molecule has 0 radical (unpaired) electrons. The van der Waals surface area contributed by atoms with Gasteiger partial charge in [0.15, 0.2) is 5.65 Å². The monoisotopic (exact) mass is 456 g/mol. The molecule has 1 N–H and O–H groups in total. The Hall–Kier alpha value is -3.14. The number of imidazole rings is 1. The Bertz CT molecular complexity index is 1250. The molecule has 8 nitrogen and oxygen atoms in total. The third-order valence-corrected chi connectivity index (χ3v) is 5.22. The van der Waals surface area contributed by atoms with Crippen LogP contribution in [-0.4, -0.2) is 36.6 Å². The summed E-state index contributed by atoms with van der Waals surface area (Å²) in [4.78, 5) is 25.4. The largest absolute Gasteiger partial charge is 0.339 e. The first-order valence-corrected chi connectivity index (χ1v) is 9.67. The van der Waals surface area contributed by atoms with Crippen molar-refractivity contribution in [1.82, 2.24) is 24.5 Å². The van der Waals surface area contributed by atoms with E-state index in [0.717, 1.165) is 5.56 Å². The summed E-state index contributed by atoms with van der Waals surface area (Å²) >= 11 is 3.30. The summed E-state index contributed by atoms with van der Waals surface area (Å²) in [6.07, 6.45) is 4.26. The number of anilines is 1. The van der Waals surface area contributed by atoms with E-state index in [1.54, 1.807) is 22.9 Å². The van der Waals surface area contributed by atoms with Crippen molar-refractivity contribution in [2.45, 2.75) is 25.4 Å². The van der Waals surface area contributed by atoms with E-state index in [-0.39, 0.29) is 11.8 Å². The number of halogens is 2. The summed E-state index contributed by atoms with van der Waals surface area (Å²) < 4.78 is 20.6. The summed E-state index contributed by atoms with van der Waals surface area (Å²) in [6, 6.07) is 5.45. The van der Waals surface area contributed by atoms with Crippen LogP contribution in [0.5, 0.6) is 0 Å². The van der Waals surface area contributed by atoms with Gasteiger partial charge in [-0.2, -0.15) is 4.98 Å². The summed E-state index contributed by atoms with van der Waals surface area (Å²) in [5.41, 5.74) is 3.08. The van der Waals surface area contributed by atoms with E-state index in [1.807, 2.05) is 19.1 Å². The van der Waals surface area contributed by atoms with E-state index < -0.39 is 6.17 Å². The molecule has 0 unspecified atom stereocenters. The standard InChI is InChI=1S/C19H14BrFN6O2/c1-9-2-3-10(17-25-19(29-26-17)11-5-12(11)21)4-13(9)24-18(28)14-6-23-16-7-22-15(20)8-27(14)16/h2-4,6-8,11-12H,5H2,1H3,(H,24,28)/t11-,12-/m0/s1. The van der Waals surface area contributed by atoms with Crippen molar-refractivity contribution in [3.63, 3.8) is 0 Å². The van der Waals surface area contributed by atoms with Crippen LogP contribution in [0.1, 0.15) is 34.3 Å². The van der Waals surface area contributed by atoms with E-state index in [0.29, 0.717) is 45.3 Å². The topological polar surface area (TPSA) is 98.2 Å². The molecule has 0 aliphatic heterocycles. The molecule has 1 saturated carbocycles.